The van der Waals surface area contributed by atoms with Gasteiger partial charge in [-0.2, -0.15) is 5.10 Å². The summed E-state index contributed by atoms with van der Waals surface area (Å²) in [5, 5.41) is 4.38. The Morgan fingerprint density at radius 1 is 1.05 bits per heavy atom. The molecule has 2 aromatic rings. The van der Waals surface area contributed by atoms with E-state index in [4.69, 9.17) is 4.74 Å². The van der Waals surface area contributed by atoms with Crippen molar-refractivity contribution in [2.75, 3.05) is 7.11 Å². The summed E-state index contributed by atoms with van der Waals surface area (Å²) in [6.45, 7) is 2.64. The number of hydrazone groups is 1. The molecule has 0 aliphatic heterocycles. The van der Waals surface area contributed by atoms with Crippen LogP contribution < -0.4 is 10.2 Å². The number of para-hydroxylation sites is 1. The highest BCUT2D eigenvalue weighted by atomic mass is 16.5. The molecule has 0 aliphatic rings. The minimum atomic E-state index is 0.647. The van der Waals surface area contributed by atoms with Crippen LogP contribution in [0.15, 0.2) is 59.7 Å². The molecule has 0 amide bonds. The Balaban J connectivity index is 2.00. The van der Waals surface area contributed by atoms with Gasteiger partial charge in [0.1, 0.15) is 5.75 Å². The molecule has 0 saturated heterocycles. The minimum Gasteiger partial charge on any atom is -0.496 e. The summed E-state index contributed by atoms with van der Waals surface area (Å²) in [5.74, 6) is 0.877. The summed E-state index contributed by atoms with van der Waals surface area (Å²) < 4.78 is 5.30. The van der Waals surface area contributed by atoms with Crippen molar-refractivity contribution >= 4 is 5.71 Å². The lowest BCUT2D eigenvalue weighted by Gasteiger charge is -2.08. The lowest BCUT2D eigenvalue weighted by molar-refractivity contribution is 0.408. The number of nitrogens with one attached hydrogen (secondary N) is 1. The van der Waals surface area contributed by atoms with Crippen LogP contribution >= 0.6 is 0 Å². The number of hydrogen-bond acceptors (Lipinski definition) is 3. The normalized spacial score (nSPS) is 11.2. The Morgan fingerprint density at radius 3 is 2.47 bits per heavy atom. The third-order valence-corrected chi connectivity index (χ3v) is 2.90. The average Bonchev–Trinajstić information content (AvgIpc) is 2.48. The van der Waals surface area contributed by atoms with Crippen LogP contribution in [0.4, 0.5) is 0 Å². The van der Waals surface area contributed by atoms with Crippen LogP contribution in [0.2, 0.25) is 0 Å². The molecule has 0 aromatic heterocycles. The number of rotatable bonds is 5. The molecule has 0 atom stereocenters. The molecular formula is C16H18N2O. The van der Waals surface area contributed by atoms with Crippen LogP contribution in [0.3, 0.4) is 0 Å². The zero-order valence-corrected chi connectivity index (χ0v) is 11.3. The molecule has 98 valence electrons. The van der Waals surface area contributed by atoms with Crippen molar-refractivity contribution in [2.24, 2.45) is 5.10 Å². The Labute approximate surface area is 113 Å². The fourth-order valence-electron chi connectivity index (χ4n) is 1.84. The van der Waals surface area contributed by atoms with Crippen molar-refractivity contribution in [3.63, 3.8) is 0 Å². The second kappa shape index (κ2) is 6.59. The van der Waals surface area contributed by atoms with Gasteiger partial charge >= 0.3 is 0 Å². The van der Waals surface area contributed by atoms with Gasteiger partial charge in [0, 0.05) is 5.56 Å². The Hall–Kier alpha value is -2.29. The fourth-order valence-corrected chi connectivity index (χ4v) is 1.84. The van der Waals surface area contributed by atoms with Gasteiger partial charge in [0.05, 0.1) is 19.4 Å². The minimum absolute atomic E-state index is 0.647. The lowest BCUT2D eigenvalue weighted by Crippen LogP contribution is -2.10. The zero-order chi connectivity index (χ0) is 13.5. The van der Waals surface area contributed by atoms with Crippen molar-refractivity contribution in [3.8, 4) is 5.75 Å². The first-order chi connectivity index (χ1) is 9.31. The van der Waals surface area contributed by atoms with Crippen LogP contribution in [0.5, 0.6) is 5.75 Å². The van der Waals surface area contributed by atoms with Crippen molar-refractivity contribution < 1.29 is 4.74 Å². The van der Waals surface area contributed by atoms with Gasteiger partial charge in [-0.1, -0.05) is 48.5 Å². The average molecular weight is 254 g/mol. The highest BCUT2D eigenvalue weighted by Gasteiger charge is 2.00. The molecule has 19 heavy (non-hydrogen) atoms. The Bertz CT molecular complexity index is 550. The van der Waals surface area contributed by atoms with E-state index in [1.807, 2.05) is 61.5 Å². The molecule has 3 heteroatoms. The van der Waals surface area contributed by atoms with Gasteiger partial charge in [-0.15, -0.1) is 0 Å². The summed E-state index contributed by atoms with van der Waals surface area (Å²) in [6.07, 6.45) is 0. The van der Waals surface area contributed by atoms with Crippen molar-refractivity contribution in [3.05, 3.63) is 65.7 Å². The summed E-state index contributed by atoms with van der Waals surface area (Å²) in [6, 6.07) is 18.0. The molecule has 0 heterocycles. The molecule has 2 aromatic carbocycles. The molecule has 3 nitrogen and oxygen atoms in total. The second-order valence-corrected chi connectivity index (χ2v) is 4.21. The van der Waals surface area contributed by atoms with Gasteiger partial charge in [-0.05, 0) is 18.6 Å². The van der Waals surface area contributed by atoms with Gasteiger partial charge < -0.3 is 10.2 Å². The molecule has 0 unspecified atom stereocenters. The predicted molar refractivity (Wildman–Crippen MR) is 78.5 cm³/mol. The molecule has 0 saturated carbocycles. The fraction of sp³-hybridized carbons (Fsp3) is 0.188. The molecule has 0 aliphatic carbocycles. The van der Waals surface area contributed by atoms with E-state index < -0.39 is 0 Å². The quantitative estimate of drug-likeness (QED) is 0.656. The molecule has 1 N–H and O–H groups in total. The van der Waals surface area contributed by atoms with E-state index >= 15 is 0 Å². The van der Waals surface area contributed by atoms with E-state index in [1.54, 1.807) is 7.11 Å². The van der Waals surface area contributed by atoms with Crippen LogP contribution in [-0.2, 0) is 6.54 Å². The first-order valence-corrected chi connectivity index (χ1v) is 6.25. The third kappa shape index (κ3) is 3.58. The second-order valence-electron chi connectivity index (χ2n) is 4.21. The number of benzene rings is 2. The Morgan fingerprint density at radius 2 is 1.74 bits per heavy atom. The highest BCUT2D eigenvalue weighted by molar-refractivity contribution is 5.98. The van der Waals surface area contributed by atoms with Crippen LogP contribution in [-0.4, -0.2) is 12.8 Å². The lowest BCUT2D eigenvalue weighted by atomic mass is 10.1. The third-order valence-electron chi connectivity index (χ3n) is 2.90. The van der Waals surface area contributed by atoms with Gasteiger partial charge in [0.25, 0.3) is 0 Å². The number of ether oxygens (including phenoxy) is 1. The monoisotopic (exact) mass is 254 g/mol. The maximum atomic E-state index is 5.30. The number of nitrogens with zero attached hydrogens (tertiary/aromatic N) is 1. The number of hydrogen-bond donors (Lipinski definition) is 1. The molecule has 0 spiro atoms. The molecular weight excluding hydrogens is 236 g/mol. The van der Waals surface area contributed by atoms with E-state index in [9.17, 15) is 0 Å². The summed E-state index contributed by atoms with van der Waals surface area (Å²) in [5.41, 5.74) is 6.26. The van der Waals surface area contributed by atoms with E-state index in [0.29, 0.717) is 6.54 Å². The van der Waals surface area contributed by atoms with E-state index in [1.165, 1.54) is 0 Å². The van der Waals surface area contributed by atoms with Crippen molar-refractivity contribution in [1.82, 2.24) is 5.43 Å². The Kier molecular flexibility index (Phi) is 4.56. The first kappa shape index (κ1) is 13.1. The molecule has 2 rings (SSSR count). The number of methoxy groups -OCH3 is 1. The van der Waals surface area contributed by atoms with Crippen LogP contribution in [0.25, 0.3) is 0 Å². The van der Waals surface area contributed by atoms with Crippen molar-refractivity contribution in [2.45, 2.75) is 13.5 Å². The smallest absolute Gasteiger partial charge is 0.123 e. The molecule has 0 fully saturated rings. The molecule has 0 radical (unpaired) electrons. The topological polar surface area (TPSA) is 33.6 Å². The largest absolute Gasteiger partial charge is 0.496 e. The van der Waals surface area contributed by atoms with Crippen molar-refractivity contribution in [1.29, 1.82) is 0 Å². The van der Waals surface area contributed by atoms with E-state index in [0.717, 1.165) is 22.6 Å². The summed E-state index contributed by atoms with van der Waals surface area (Å²) in [7, 11) is 1.68. The maximum absolute atomic E-state index is 5.30. The SMILES string of the molecule is COc1ccccc1CN/N=C(/C)c1ccccc1. The van der Waals surface area contributed by atoms with Gasteiger partial charge in [0.2, 0.25) is 0 Å². The zero-order valence-electron chi connectivity index (χ0n) is 11.3. The summed E-state index contributed by atoms with van der Waals surface area (Å²) >= 11 is 0. The highest BCUT2D eigenvalue weighted by Crippen LogP contribution is 2.16. The van der Waals surface area contributed by atoms with Gasteiger partial charge in [-0.3, -0.25) is 0 Å². The predicted octanol–water partition coefficient (Wildman–Crippen LogP) is 3.21. The summed E-state index contributed by atoms with van der Waals surface area (Å²) in [4.78, 5) is 0. The maximum Gasteiger partial charge on any atom is 0.123 e. The molecule has 0 bridgehead atoms. The van der Waals surface area contributed by atoms with Gasteiger partial charge in [-0.25, -0.2) is 0 Å². The van der Waals surface area contributed by atoms with E-state index in [-0.39, 0.29) is 0 Å². The van der Waals surface area contributed by atoms with Gasteiger partial charge in [0.15, 0.2) is 0 Å². The standard InChI is InChI=1S/C16H18N2O/c1-13(14-8-4-3-5-9-14)18-17-12-15-10-6-7-11-16(15)19-2/h3-11,17H,12H2,1-2H3/b18-13-. The van der Waals surface area contributed by atoms with Crippen LogP contribution in [0.1, 0.15) is 18.1 Å². The van der Waals surface area contributed by atoms with Crippen LogP contribution in [0, 0.1) is 0 Å². The first-order valence-electron chi connectivity index (χ1n) is 6.25. The van der Waals surface area contributed by atoms with E-state index in [2.05, 4.69) is 10.5 Å².